The second-order valence-corrected chi connectivity index (χ2v) is 5.52. The van der Waals surface area contributed by atoms with Crippen LogP contribution in [-0.4, -0.2) is 43.8 Å². The largest absolute Gasteiger partial charge is 0.383 e. The van der Waals surface area contributed by atoms with Crippen LogP contribution >= 0.6 is 11.3 Å². The van der Waals surface area contributed by atoms with E-state index in [0.717, 1.165) is 19.3 Å². The molecule has 0 aromatic carbocycles. The van der Waals surface area contributed by atoms with E-state index in [0.29, 0.717) is 26.3 Å². The first-order chi connectivity index (χ1) is 9.31. The van der Waals surface area contributed by atoms with Crippen molar-refractivity contribution in [3.63, 3.8) is 0 Å². The van der Waals surface area contributed by atoms with Gasteiger partial charge in [0.05, 0.1) is 6.61 Å². The highest BCUT2D eigenvalue weighted by Crippen LogP contribution is 2.17. The zero-order chi connectivity index (χ0) is 13.5. The number of nitrogens with zero attached hydrogens (tertiary/aromatic N) is 1. The highest BCUT2D eigenvalue weighted by Gasteiger charge is 2.26. The molecule has 1 aliphatic heterocycles. The number of carbonyl (C=O) groups is 1. The Balaban J connectivity index is 1.96. The third-order valence-corrected chi connectivity index (χ3v) is 4.02. The quantitative estimate of drug-likeness (QED) is 0.804. The zero-order valence-corrected chi connectivity index (χ0v) is 12.2. The topological polar surface area (TPSA) is 38.8 Å². The average Bonchev–Trinajstić information content (AvgIpc) is 2.96. The van der Waals surface area contributed by atoms with Crippen molar-refractivity contribution in [1.29, 1.82) is 0 Å². The number of methoxy groups -OCH3 is 1. The Kier molecular flexibility index (Phi) is 5.82. The van der Waals surface area contributed by atoms with Crippen LogP contribution in [0.5, 0.6) is 0 Å². The van der Waals surface area contributed by atoms with Gasteiger partial charge < -0.3 is 14.4 Å². The summed E-state index contributed by atoms with van der Waals surface area (Å²) >= 11 is 1.65. The SMILES string of the molecule is COCCN(Cc1ccsc1)C(=O)C1CCCCO1. The summed E-state index contributed by atoms with van der Waals surface area (Å²) in [6, 6.07) is 2.06. The average molecular weight is 283 g/mol. The number of hydrogen-bond acceptors (Lipinski definition) is 4. The highest BCUT2D eigenvalue weighted by molar-refractivity contribution is 7.07. The molecule has 4 nitrogen and oxygen atoms in total. The third kappa shape index (κ3) is 4.30. The number of rotatable bonds is 6. The molecule has 2 rings (SSSR count). The van der Waals surface area contributed by atoms with Gasteiger partial charge >= 0.3 is 0 Å². The van der Waals surface area contributed by atoms with Crippen molar-refractivity contribution in [3.05, 3.63) is 22.4 Å². The lowest BCUT2D eigenvalue weighted by molar-refractivity contribution is -0.147. The first-order valence-electron chi connectivity index (χ1n) is 6.71. The molecule has 5 heteroatoms. The van der Waals surface area contributed by atoms with Gasteiger partial charge in [-0.2, -0.15) is 11.3 Å². The molecule has 1 fully saturated rings. The van der Waals surface area contributed by atoms with Gasteiger partial charge in [0.25, 0.3) is 5.91 Å². The smallest absolute Gasteiger partial charge is 0.252 e. The first-order valence-corrected chi connectivity index (χ1v) is 7.66. The van der Waals surface area contributed by atoms with Crippen molar-refractivity contribution < 1.29 is 14.3 Å². The number of hydrogen-bond donors (Lipinski definition) is 0. The summed E-state index contributed by atoms with van der Waals surface area (Å²) in [4.78, 5) is 14.3. The van der Waals surface area contributed by atoms with Gasteiger partial charge in [-0.1, -0.05) is 0 Å². The molecule has 1 aromatic rings. The number of thiophene rings is 1. The van der Waals surface area contributed by atoms with E-state index in [1.807, 2.05) is 10.3 Å². The van der Waals surface area contributed by atoms with Crippen LogP contribution in [0.15, 0.2) is 16.8 Å². The van der Waals surface area contributed by atoms with Crippen molar-refractivity contribution in [2.24, 2.45) is 0 Å². The minimum atomic E-state index is -0.260. The Bertz CT molecular complexity index is 374. The summed E-state index contributed by atoms with van der Waals surface area (Å²) in [6.07, 6.45) is 2.72. The molecule has 1 unspecified atom stereocenters. The predicted molar refractivity (Wildman–Crippen MR) is 75.2 cm³/mol. The summed E-state index contributed by atoms with van der Waals surface area (Å²) in [7, 11) is 1.66. The van der Waals surface area contributed by atoms with Crippen molar-refractivity contribution in [2.75, 3.05) is 26.9 Å². The predicted octanol–water partition coefficient (Wildman–Crippen LogP) is 2.29. The molecular formula is C14H21NO3S. The summed E-state index contributed by atoms with van der Waals surface area (Å²) in [6.45, 7) is 2.52. The van der Waals surface area contributed by atoms with Gasteiger partial charge in [-0.3, -0.25) is 4.79 Å². The van der Waals surface area contributed by atoms with Crippen molar-refractivity contribution in [3.8, 4) is 0 Å². The molecule has 1 atom stereocenters. The lowest BCUT2D eigenvalue weighted by Gasteiger charge is -2.29. The highest BCUT2D eigenvalue weighted by atomic mass is 32.1. The molecule has 1 aromatic heterocycles. The van der Waals surface area contributed by atoms with Gasteiger partial charge in [-0.25, -0.2) is 0 Å². The van der Waals surface area contributed by atoms with Crippen LogP contribution in [0.1, 0.15) is 24.8 Å². The number of carbonyl (C=O) groups excluding carboxylic acids is 1. The molecule has 2 heterocycles. The summed E-state index contributed by atoms with van der Waals surface area (Å²) in [5, 5.41) is 4.11. The van der Waals surface area contributed by atoms with E-state index < -0.39 is 0 Å². The minimum Gasteiger partial charge on any atom is -0.383 e. The lowest BCUT2D eigenvalue weighted by atomic mass is 10.1. The van der Waals surface area contributed by atoms with E-state index in [9.17, 15) is 4.79 Å². The molecule has 0 bridgehead atoms. The fourth-order valence-corrected chi connectivity index (χ4v) is 2.87. The second kappa shape index (κ2) is 7.62. The Hall–Kier alpha value is -0.910. The van der Waals surface area contributed by atoms with Crippen molar-refractivity contribution in [2.45, 2.75) is 31.9 Å². The number of ether oxygens (including phenoxy) is 2. The van der Waals surface area contributed by atoms with E-state index in [4.69, 9.17) is 9.47 Å². The van der Waals surface area contributed by atoms with Gasteiger partial charge in [-0.15, -0.1) is 0 Å². The maximum Gasteiger partial charge on any atom is 0.252 e. The molecule has 0 radical (unpaired) electrons. The van der Waals surface area contributed by atoms with Gasteiger partial charge in [0.1, 0.15) is 6.10 Å². The molecule has 106 valence electrons. The molecule has 1 aliphatic rings. The summed E-state index contributed by atoms with van der Waals surface area (Å²) in [5.41, 5.74) is 1.17. The fraction of sp³-hybridized carbons (Fsp3) is 0.643. The Labute approximate surface area is 118 Å². The minimum absolute atomic E-state index is 0.1000. The standard InChI is InChI=1S/C14H21NO3S/c1-17-8-6-15(10-12-5-9-19-11-12)14(16)13-4-2-3-7-18-13/h5,9,11,13H,2-4,6-8,10H2,1H3. The van der Waals surface area contributed by atoms with Gasteiger partial charge in [0.2, 0.25) is 0 Å². The van der Waals surface area contributed by atoms with E-state index >= 15 is 0 Å². The maximum absolute atomic E-state index is 12.5. The lowest BCUT2D eigenvalue weighted by Crippen LogP contribution is -2.42. The van der Waals surface area contributed by atoms with Crippen LogP contribution in [0.25, 0.3) is 0 Å². The Morgan fingerprint density at radius 1 is 1.58 bits per heavy atom. The van der Waals surface area contributed by atoms with Crippen LogP contribution in [0.4, 0.5) is 0 Å². The van der Waals surface area contributed by atoms with E-state index in [1.165, 1.54) is 5.56 Å². The zero-order valence-electron chi connectivity index (χ0n) is 11.3. The second-order valence-electron chi connectivity index (χ2n) is 4.74. The summed E-state index contributed by atoms with van der Waals surface area (Å²) in [5.74, 6) is 0.1000. The molecule has 19 heavy (non-hydrogen) atoms. The van der Waals surface area contributed by atoms with Crippen LogP contribution in [0.3, 0.4) is 0 Å². The van der Waals surface area contributed by atoms with Crippen LogP contribution in [-0.2, 0) is 20.8 Å². The molecule has 1 saturated heterocycles. The third-order valence-electron chi connectivity index (χ3n) is 3.29. The molecule has 0 N–H and O–H groups in total. The van der Waals surface area contributed by atoms with Crippen LogP contribution < -0.4 is 0 Å². The molecule has 0 saturated carbocycles. The van der Waals surface area contributed by atoms with Crippen molar-refractivity contribution >= 4 is 17.2 Å². The molecule has 0 spiro atoms. The fourth-order valence-electron chi connectivity index (χ4n) is 2.21. The van der Waals surface area contributed by atoms with E-state index in [1.54, 1.807) is 18.4 Å². The van der Waals surface area contributed by atoms with Gasteiger partial charge in [-0.05, 0) is 41.7 Å². The van der Waals surface area contributed by atoms with Gasteiger partial charge in [0, 0.05) is 26.8 Å². The summed E-state index contributed by atoms with van der Waals surface area (Å²) < 4.78 is 10.7. The normalized spacial score (nSPS) is 19.3. The number of amides is 1. The molecule has 0 aliphatic carbocycles. The van der Waals surface area contributed by atoms with E-state index in [2.05, 4.69) is 11.4 Å². The Morgan fingerprint density at radius 2 is 2.47 bits per heavy atom. The molecular weight excluding hydrogens is 262 g/mol. The van der Waals surface area contributed by atoms with Crippen LogP contribution in [0.2, 0.25) is 0 Å². The first kappa shape index (κ1) is 14.5. The van der Waals surface area contributed by atoms with Crippen molar-refractivity contribution in [1.82, 2.24) is 4.90 Å². The molecule has 1 amide bonds. The van der Waals surface area contributed by atoms with E-state index in [-0.39, 0.29) is 12.0 Å². The van der Waals surface area contributed by atoms with Gasteiger partial charge in [0.15, 0.2) is 0 Å². The Morgan fingerprint density at radius 3 is 3.11 bits per heavy atom. The van der Waals surface area contributed by atoms with Crippen LogP contribution in [0, 0.1) is 0 Å². The maximum atomic E-state index is 12.5. The monoisotopic (exact) mass is 283 g/mol.